The molecule has 0 aromatic carbocycles. The fraction of sp³-hybridized carbons (Fsp3) is 0.571. The van der Waals surface area contributed by atoms with Crippen molar-refractivity contribution in [3.63, 3.8) is 0 Å². The predicted octanol–water partition coefficient (Wildman–Crippen LogP) is 1.25. The van der Waals surface area contributed by atoms with Gasteiger partial charge in [0.05, 0.1) is 18.8 Å². The van der Waals surface area contributed by atoms with Gasteiger partial charge in [-0.15, -0.1) is 0 Å². The van der Waals surface area contributed by atoms with E-state index in [0.717, 1.165) is 31.4 Å². The van der Waals surface area contributed by atoms with E-state index in [0.29, 0.717) is 31.1 Å². The molecule has 0 saturated heterocycles. The highest BCUT2D eigenvalue weighted by atomic mass is 16.5. The van der Waals surface area contributed by atoms with Crippen molar-refractivity contribution in [1.29, 1.82) is 5.26 Å². The lowest BCUT2D eigenvalue weighted by Gasteiger charge is -2.09. The van der Waals surface area contributed by atoms with Crippen molar-refractivity contribution < 1.29 is 9.84 Å². The molecule has 1 aromatic heterocycles. The van der Waals surface area contributed by atoms with Gasteiger partial charge in [-0.1, -0.05) is 0 Å². The topological polar surface area (TPSA) is 78.2 Å². The fourth-order valence-electron chi connectivity index (χ4n) is 2.24. The van der Waals surface area contributed by atoms with Gasteiger partial charge in [0, 0.05) is 18.8 Å². The molecule has 19 heavy (non-hydrogen) atoms. The lowest BCUT2D eigenvalue weighted by Crippen LogP contribution is -2.10. The number of anilines is 1. The molecule has 0 atom stereocenters. The van der Waals surface area contributed by atoms with Gasteiger partial charge in [0.1, 0.15) is 11.9 Å². The van der Waals surface area contributed by atoms with Crippen LogP contribution in [0.15, 0.2) is 6.07 Å². The van der Waals surface area contributed by atoms with Crippen LogP contribution in [0.1, 0.15) is 29.7 Å². The van der Waals surface area contributed by atoms with Crippen LogP contribution in [-0.4, -0.2) is 36.5 Å². The Kier molecular flexibility index (Phi) is 5.13. The van der Waals surface area contributed by atoms with Crippen molar-refractivity contribution >= 4 is 5.82 Å². The summed E-state index contributed by atoms with van der Waals surface area (Å²) in [7, 11) is 0. The Morgan fingerprint density at radius 2 is 2.32 bits per heavy atom. The highest BCUT2D eigenvalue weighted by Gasteiger charge is 2.15. The van der Waals surface area contributed by atoms with Crippen LogP contribution in [0.2, 0.25) is 0 Å². The summed E-state index contributed by atoms with van der Waals surface area (Å²) in [5.74, 6) is 0.685. The molecular weight excluding hydrogens is 242 g/mol. The number of nitrogens with one attached hydrogen (secondary N) is 1. The summed E-state index contributed by atoms with van der Waals surface area (Å²) in [6, 6.07) is 4.16. The van der Waals surface area contributed by atoms with Gasteiger partial charge in [-0.25, -0.2) is 4.98 Å². The number of aliphatic hydroxyl groups excluding tert-OH is 1. The van der Waals surface area contributed by atoms with Crippen molar-refractivity contribution in [3.05, 3.63) is 22.9 Å². The number of ether oxygens (including phenoxy) is 1. The molecule has 0 radical (unpaired) electrons. The first kappa shape index (κ1) is 13.8. The SMILES string of the molecule is N#Cc1cc2c(nc1NCCCOCCO)CCC2. The number of rotatable bonds is 7. The highest BCUT2D eigenvalue weighted by Crippen LogP contribution is 2.24. The second-order valence-electron chi connectivity index (χ2n) is 4.57. The number of nitrogens with zero attached hydrogens (tertiary/aromatic N) is 2. The van der Waals surface area contributed by atoms with Crippen LogP contribution in [0.3, 0.4) is 0 Å². The first-order valence-corrected chi connectivity index (χ1v) is 6.70. The van der Waals surface area contributed by atoms with Gasteiger partial charge in [0.2, 0.25) is 0 Å². The number of pyridine rings is 1. The molecule has 2 N–H and O–H groups in total. The van der Waals surface area contributed by atoms with Gasteiger partial charge in [-0.05, 0) is 37.3 Å². The van der Waals surface area contributed by atoms with Crippen LogP contribution >= 0.6 is 0 Å². The predicted molar refractivity (Wildman–Crippen MR) is 72.0 cm³/mol. The fourth-order valence-corrected chi connectivity index (χ4v) is 2.24. The van der Waals surface area contributed by atoms with Crippen LogP contribution in [0.25, 0.3) is 0 Å². The molecule has 2 rings (SSSR count). The van der Waals surface area contributed by atoms with E-state index in [1.165, 1.54) is 5.56 Å². The van der Waals surface area contributed by atoms with E-state index in [1.807, 2.05) is 6.07 Å². The molecule has 0 bridgehead atoms. The maximum Gasteiger partial charge on any atom is 0.144 e. The monoisotopic (exact) mass is 261 g/mol. The normalized spacial score (nSPS) is 13.1. The Labute approximate surface area is 113 Å². The Morgan fingerprint density at radius 1 is 1.42 bits per heavy atom. The third-order valence-electron chi connectivity index (χ3n) is 3.16. The van der Waals surface area contributed by atoms with Crippen LogP contribution < -0.4 is 5.32 Å². The third kappa shape index (κ3) is 3.66. The second-order valence-corrected chi connectivity index (χ2v) is 4.57. The van der Waals surface area contributed by atoms with Crippen molar-refractivity contribution in [2.45, 2.75) is 25.7 Å². The number of nitriles is 1. The molecule has 5 nitrogen and oxygen atoms in total. The molecule has 0 fully saturated rings. The summed E-state index contributed by atoms with van der Waals surface area (Å²) in [6.07, 6.45) is 4.00. The summed E-state index contributed by atoms with van der Waals surface area (Å²) in [5.41, 5.74) is 2.96. The Hall–Kier alpha value is -1.64. The van der Waals surface area contributed by atoms with Crippen molar-refractivity contribution in [2.24, 2.45) is 0 Å². The van der Waals surface area contributed by atoms with E-state index in [-0.39, 0.29) is 6.61 Å². The molecule has 0 amide bonds. The van der Waals surface area contributed by atoms with Gasteiger partial charge < -0.3 is 15.2 Å². The quantitative estimate of drug-likeness (QED) is 0.722. The Bertz CT molecular complexity index is 468. The van der Waals surface area contributed by atoms with Crippen LogP contribution in [0.5, 0.6) is 0 Å². The summed E-state index contributed by atoms with van der Waals surface area (Å²) < 4.78 is 5.18. The van der Waals surface area contributed by atoms with Crippen molar-refractivity contribution in [2.75, 3.05) is 31.7 Å². The van der Waals surface area contributed by atoms with Crippen molar-refractivity contribution in [1.82, 2.24) is 4.98 Å². The third-order valence-corrected chi connectivity index (χ3v) is 3.16. The maximum atomic E-state index is 9.14. The number of hydrogen-bond donors (Lipinski definition) is 2. The Balaban J connectivity index is 1.88. The van der Waals surface area contributed by atoms with E-state index in [9.17, 15) is 0 Å². The minimum Gasteiger partial charge on any atom is -0.394 e. The van der Waals surface area contributed by atoms with E-state index in [4.69, 9.17) is 15.1 Å². The molecule has 5 heteroatoms. The van der Waals surface area contributed by atoms with E-state index in [1.54, 1.807) is 0 Å². The molecule has 0 spiro atoms. The average molecular weight is 261 g/mol. The smallest absolute Gasteiger partial charge is 0.144 e. The standard InChI is InChI=1S/C14H19N3O2/c15-10-12-9-11-3-1-4-13(11)17-14(12)16-5-2-7-19-8-6-18/h9,18H,1-8H2,(H,16,17). The maximum absolute atomic E-state index is 9.14. The summed E-state index contributed by atoms with van der Waals surface area (Å²) in [5, 5.41) is 20.9. The molecule has 1 aliphatic carbocycles. The summed E-state index contributed by atoms with van der Waals surface area (Å²) in [6.45, 7) is 1.74. The molecule has 0 aliphatic heterocycles. The molecule has 1 heterocycles. The minimum absolute atomic E-state index is 0.0540. The van der Waals surface area contributed by atoms with Gasteiger partial charge in [-0.3, -0.25) is 0 Å². The molecule has 1 aliphatic rings. The van der Waals surface area contributed by atoms with Crippen LogP contribution in [0, 0.1) is 11.3 Å². The van der Waals surface area contributed by atoms with Gasteiger partial charge in [0.25, 0.3) is 0 Å². The number of fused-ring (bicyclic) bond motifs is 1. The number of aromatic nitrogens is 1. The van der Waals surface area contributed by atoms with Crippen LogP contribution in [-0.2, 0) is 17.6 Å². The molecule has 0 unspecified atom stereocenters. The average Bonchev–Trinajstić information content (AvgIpc) is 2.88. The van der Waals surface area contributed by atoms with Crippen LogP contribution in [0.4, 0.5) is 5.82 Å². The van der Waals surface area contributed by atoms with Crippen molar-refractivity contribution in [3.8, 4) is 6.07 Å². The molecular formula is C14H19N3O2. The minimum atomic E-state index is 0.0540. The van der Waals surface area contributed by atoms with E-state index >= 15 is 0 Å². The van der Waals surface area contributed by atoms with Gasteiger partial charge in [0.15, 0.2) is 0 Å². The molecule has 1 aromatic rings. The second kappa shape index (κ2) is 7.07. The molecule has 0 saturated carbocycles. The summed E-state index contributed by atoms with van der Waals surface area (Å²) >= 11 is 0. The number of aliphatic hydroxyl groups is 1. The lowest BCUT2D eigenvalue weighted by molar-refractivity contribution is 0.0922. The number of hydrogen-bond acceptors (Lipinski definition) is 5. The largest absolute Gasteiger partial charge is 0.394 e. The first-order valence-electron chi connectivity index (χ1n) is 6.70. The summed E-state index contributed by atoms with van der Waals surface area (Å²) in [4.78, 5) is 4.54. The molecule has 102 valence electrons. The number of aryl methyl sites for hydroxylation is 2. The zero-order chi connectivity index (χ0) is 13.5. The van der Waals surface area contributed by atoms with Gasteiger partial charge >= 0.3 is 0 Å². The highest BCUT2D eigenvalue weighted by molar-refractivity contribution is 5.55. The van der Waals surface area contributed by atoms with E-state index < -0.39 is 0 Å². The van der Waals surface area contributed by atoms with E-state index in [2.05, 4.69) is 16.4 Å². The Morgan fingerprint density at radius 3 is 3.11 bits per heavy atom. The lowest BCUT2D eigenvalue weighted by atomic mass is 10.1. The zero-order valence-electron chi connectivity index (χ0n) is 11.0. The first-order chi connectivity index (χ1) is 9.35. The van der Waals surface area contributed by atoms with Gasteiger partial charge in [-0.2, -0.15) is 5.26 Å². The zero-order valence-corrected chi connectivity index (χ0v) is 11.0.